The number of nitrogens with zero attached hydrogens (tertiary/aromatic N) is 2. The third-order valence-electron chi connectivity index (χ3n) is 4.72. The standard InChI is InChI=1S/C21H29N3O/c1-23(2)13-14-25-19-9-10-20-17(15-19)11-12-22-21(20)16-5-7-18(8-6-16)24(3)4/h5-10,15,21-22H,11-14H2,1-4H3. The molecule has 1 unspecified atom stereocenters. The van der Waals surface area contributed by atoms with Gasteiger partial charge in [0.25, 0.3) is 0 Å². The summed E-state index contributed by atoms with van der Waals surface area (Å²) in [6, 6.07) is 15.6. The van der Waals surface area contributed by atoms with E-state index in [1.54, 1.807) is 0 Å². The van der Waals surface area contributed by atoms with Gasteiger partial charge in [-0.05, 0) is 61.5 Å². The van der Waals surface area contributed by atoms with E-state index in [2.05, 4.69) is 85.8 Å². The molecule has 1 heterocycles. The second-order valence-electron chi connectivity index (χ2n) is 7.14. The third kappa shape index (κ3) is 4.33. The lowest BCUT2D eigenvalue weighted by Crippen LogP contribution is -2.30. The van der Waals surface area contributed by atoms with Gasteiger partial charge in [-0.15, -0.1) is 0 Å². The van der Waals surface area contributed by atoms with Crippen molar-refractivity contribution in [3.8, 4) is 5.75 Å². The number of benzene rings is 2. The van der Waals surface area contributed by atoms with Crippen LogP contribution in [0.5, 0.6) is 5.75 Å². The lowest BCUT2D eigenvalue weighted by molar-refractivity contribution is 0.261. The minimum atomic E-state index is 0.260. The van der Waals surface area contributed by atoms with Crippen LogP contribution in [0.25, 0.3) is 0 Å². The molecule has 0 aliphatic carbocycles. The molecule has 1 atom stereocenters. The van der Waals surface area contributed by atoms with Gasteiger partial charge in [-0.1, -0.05) is 18.2 Å². The van der Waals surface area contributed by atoms with E-state index >= 15 is 0 Å². The highest BCUT2D eigenvalue weighted by atomic mass is 16.5. The number of rotatable bonds is 6. The quantitative estimate of drug-likeness (QED) is 0.876. The molecular weight excluding hydrogens is 310 g/mol. The first-order valence-corrected chi connectivity index (χ1v) is 8.95. The largest absolute Gasteiger partial charge is 0.492 e. The van der Waals surface area contributed by atoms with E-state index in [1.165, 1.54) is 22.4 Å². The Morgan fingerprint density at radius 2 is 1.80 bits per heavy atom. The van der Waals surface area contributed by atoms with Gasteiger partial charge in [0.2, 0.25) is 0 Å². The van der Waals surface area contributed by atoms with Gasteiger partial charge in [0.05, 0.1) is 6.04 Å². The maximum Gasteiger partial charge on any atom is 0.119 e. The molecule has 4 nitrogen and oxygen atoms in total. The van der Waals surface area contributed by atoms with Gasteiger partial charge in [0.1, 0.15) is 12.4 Å². The molecule has 4 heteroatoms. The highest BCUT2D eigenvalue weighted by Gasteiger charge is 2.21. The summed E-state index contributed by atoms with van der Waals surface area (Å²) in [5.41, 5.74) is 5.30. The Morgan fingerprint density at radius 3 is 2.48 bits per heavy atom. The number of likely N-dealkylation sites (N-methyl/N-ethyl adjacent to an activating group) is 1. The Hall–Kier alpha value is -2.04. The summed E-state index contributed by atoms with van der Waals surface area (Å²) in [4.78, 5) is 4.26. The van der Waals surface area contributed by atoms with Gasteiger partial charge >= 0.3 is 0 Å². The number of nitrogens with one attached hydrogen (secondary N) is 1. The predicted octanol–water partition coefficient (Wildman–Crippen LogP) is 2.93. The fourth-order valence-electron chi connectivity index (χ4n) is 3.24. The summed E-state index contributed by atoms with van der Waals surface area (Å²) in [6.07, 6.45) is 1.05. The SMILES string of the molecule is CN(C)CCOc1ccc2c(c1)CCNC2c1ccc(N(C)C)cc1. The second kappa shape index (κ2) is 7.89. The lowest BCUT2D eigenvalue weighted by Gasteiger charge is -2.28. The molecule has 1 aliphatic heterocycles. The molecular formula is C21H29N3O. The molecule has 2 aromatic rings. The number of ether oxygens (including phenoxy) is 1. The Balaban J connectivity index is 1.77. The van der Waals surface area contributed by atoms with Crippen LogP contribution in [0.2, 0.25) is 0 Å². The van der Waals surface area contributed by atoms with E-state index in [0.717, 1.165) is 31.9 Å². The van der Waals surface area contributed by atoms with E-state index in [0.29, 0.717) is 0 Å². The zero-order valence-electron chi connectivity index (χ0n) is 15.7. The summed E-state index contributed by atoms with van der Waals surface area (Å²) < 4.78 is 5.90. The predicted molar refractivity (Wildman–Crippen MR) is 105 cm³/mol. The highest BCUT2D eigenvalue weighted by Crippen LogP contribution is 2.31. The van der Waals surface area contributed by atoms with Crippen molar-refractivity contribution in [3.05, 3.63) is 59.2 Å². The summed E-state index contributed by atoms with van der Waals surface area (Å²) in [7, 11) is 8.27. The molecule has 0 radical (unpaired) electrons. The molecule has 2 aromatic carbocycles. The van der Waals surface area contributed by atoms with Gasteiger partial charge in [-0.3, -0.25) is 0 Å². The monoisotopic (exact) mass is 339 g/mol. The maximum absolute atomic E-state index is 5.90. The molecule has 0 aromatic heterocycles. The van der Waals surface area contributed by atoms with Crippen molar-refractivity contribution in [1.82, 2.24) is 10.2 Å². The zero-order valence-corrected chi connectivity index (χ0v) is 15.7. The molecule has 0 amide bonds. The molecule has 0 saturated carbocycles. The minimum absolute atomic E-state index is 0.260. The van der Waals surface area contributed by atoms with Gasteiger partial charge in [-0.25, -0.2) is 0 Å². The Kier molecular flexibility index (Phi) is 5.61. The van der Waals surface area contributed by atoms with Crippen LogP contribution in [0.1, 0.15) is 22.7 Å². The Bertz CT molecular complexity index is 695. The number of hydrogen-bond acceptors (Lipinski definition) is 4. The molecule has 25 heavy (non-hydrogen) atoms. The molecule has 0 spiro atoms. The molecule has 3 rings (SSSR count). The van der Waals surface area contributed by atoms with Crippen LogP contribution in [0, 0.1) is 0 Å². The van der Waals surface area contributed by atoms with Crippen LogP contribution in [-0.2, 0) is 6.42 Å². The van der Waals surface area contributed by atoms with Crippen molar-refractivity contribution < 1.29 is 4.74 Å². The second-order valence-corrected chi connectivity index (χ2v) is 7.14. The first kappa shape index (κ1) is 17.8. The average molecular weight is 339 g/mol. The van der Waals surface area contributed by atoms with E-state index in [4.69, 9.17) is 4.74 Å². The van der Waals surface area contributed by atoms with Crippen molar-refractivity contribution in [2.24, 2.45) is 0 Å². The number of fused-ring (bicyclic) bond motifs is 1. The van der Waals surface area contributed by atoms with Crippen molar-refractivity contribution in [1.29, 1.82) is 0 Å². The Labute approximate surface area is 151 Å². The van der Waals surface area contributed by atoms with Crippen LogP contribution in [-0.4, -0.2) is 52.8 Å². The normalized spacial score (nSPS) is 16.6. The summed E-state index contributed by atoms with van der Waals surface area (Å²) in [5, 5.41) is 3.66. The first-order valence-electron chi connectivity index (χ1n) is 8.95. The van der Waals surface area contributed by atoms with Gasteiger partial charge in [0, 0.05) is 32.9 Å². The van der Waals surface area contributed by atoms with Crippen molar-refractivity contribution in [3.63, 3.8) is 0 Å². The maximum atomic E-state index is 5.90. The number of hydrogen-bond donors (Lipinski definition) is 1. The number of anilines is 1. The topological polar surface area (TPSA) is 27.7 Å². The summed E-state index contributed by atoms with van der Waals surface area (Å²) in [5.74, 6) is 0.976. The molecule has 134 valence electrons. The van der Waals surface area contributed by atoms with E-state index in [1.807, 2.05) is 0 Å². The van der Waals surface area contributed by atoms with Crippen LogP contribution in [0.4, 0.5) is 5.69 Å². The van der Waals surface area contributed by atoms with E-state index in [-0.39, 0.29) is 6.04 Å². The van der Waals surface area contributed by atoms with Gasteiger partial charge < -0.3 is 19.9 Å². The van der Waals surface area contributed by atoms with Crippen molar-refractivity contribution in [2.45, 2.75) is 12.5 Å². The van der Waals surface area contributed by atoms with Gasteiger partial charge in [-0.2, -0.15) is 0 Å². The third-order valence-corrected chi connectivity index (χ3v) is 4.72. The van der Waals surface area contributed by atoms with Crippen LogP contribution < -0.4 is 15.0 Å². The molecule has 0 fully saturated rings. The summed E-state index contributed by atoms with van der Waals surface area (Å²) >= 11 is 0. The molecule has 1 N–H and O–H groups in total. The lowest BCUT2D eigenvalue weighted by atomic mass is 9.89. The summed E-state index contributed by atoms with van der Waals surface area (Å²) in [6.45, 7) is 2.65. The first-order chi connectivity index (χ1) is 12.0. The fraction of sp³-hybridized carbons (Fsp3) is 0.429. The minimum Gasteiger partial charge on any atom is -0.492 e. The van der Waals surface area contributed by atoms with Crippen LogP contribution in [0.15, 0.2) is 42.5 Å². The van der Waals surface area contributed by atoms with Crippen LogP contribution in [0.3, 0.4) is 0 Å². The zero-order chi connectivity index (χ0) is 17.8. The van der Waals surface area contributed by atoms with Gasteiger partial charge in [0.15, 0.2) is 0 Å². The highest BCUT2D eigenvalue weighted by molar-refractivity contribution is 5.49. The van der Waals surface area contributed by atoms with Crippen LogP contribution >= 0.6 is 0 Å². The van der Waals surface area contributed by atoms with E-state index in [9.17, 15) is 0 Å². The molecule has 0 saturated heterocycles. The van der Waals surface area contributed by atoms with Crippen molar-refractivity contribution >= 4 is 5.69 Å². The molecule has 0 bridgehead atoms. The fourth-order valence-corrected chi connectivity index (χ4v) is 3.24. The van der Waals surface area contributed by atoms with E-state index < -0.39 is 0 Å². The molecule has 1 aliphatic rings. The average Bonchev–Trinajstić information content (AvgIpc) is 2.61. The van der Waals surface area contributed by atoms with Crippen molar-refractivity contribution in [2.75, 3.05) is 52.8 Å². The smallest absolute Gasteiger partial charge is 0.119 e. The Morgan fingerprint density at radius 1 is 1.04 bits per heavy atom.